The molecule has 0 saturated heterocycles. The van der Waals surface area contributed by atoms with Crippen molar-refractivity contribution in [3.8, 4) is 0 Å². The number of rotatable bonds is 3. The number of nitrogens with zero attached hydrogens (tertiary/aromatic N) is 3. The standard InChI is InChI=1S/C9H16N4O/c1-7(6-10)13(3)8-9(14)12(2)5-4-11-8/h4-5,7H,6,10H2,1-3H3. The zero-order valence-corrected chi connectivity index (χ0v) is 8.77. The number of hydrogen-bond acceptors (Lipinski definition) is 4. The molecule has 0 spiro atoms. The van der Waals surface area contributed by atoms with Crippen molar-refractivity contribution in [3.05, 3.63) is 22.7 Å². The summed E-state index contributed by atoms with van der Waals surface area (Å²) >= 11 is 0. The molecule has 1 rings (SSSR count). The first-order valence-electron chi connectivity index (χ1n) is 4.52. The van der Waals surface area contributed by atoms with Crippen molar-refractivity contribution < 1.29 is 0 Å². The molecule has 5 nitrogen and oxygen atoms in total. The average molecular weight is 196 g/mol. The molecule has 1 unspecified atom stereocenters. The van der Waals surface area contributed by atoms with Gasteiger partial charge in [-0.2, -0.15) is 0 Å². The molecular formula is C9H16N4O. The average Bonchev–Trinajstić information content (AvgIpc) is 2.20. The third-order valence-electron chi connectivity index (χ3n) is 2.34. The summed E-state index contributed by atoms with van der Waals surface area (Å²) in [7, 11) is 3.52. The van der Waals surface area contributed by atoms with Crippen LogP contribution in [0.1, 0.15) is 6.92 Å². The first-order chi connectivity index (χ1) is 6.57. The maximum Gasteiger partial charge on any atom is 0.293 e. The maximum absolute atomic E-state index is 11.6. The Morgan fingerprint density at radius 3 is 2.93 bits per heavy atom. The molecule has 5 heteroatoms. The minimum absolute atomic E-state index is 0.102. The summed E-state index contributed by atoms with van der Waals surface area (Å²) in [6.07, 6.45) is 3.24. The van der Waals surface area contributed by atoms with Gasteiger partial charge in [0.15, 0.2) is 5.82 Å². The van der Waals surface area contributed by atoms with Gasteiger partial charge in [0.2, 0.25) is 0 Å². The fraction of sp³-hybridized carbons (Fsp3) is 0.556. The lowest BCUT2D eigenvalue weighted by Gasteiger charge is -2.23. The summed E-state index contributed by atoms with van der Waals surface area (Å²) in [5.41, 5.74) is 5.42. The summed E-state index contributed by atoms with van der Waals surface area (Å²) in [6, 6.07) is 0.109. The van der Waals surface area contributed by atoms with Crippen molar-refractivity contribution in [3.63, 3.8) is 0 Å². The highest BCUT2D eigenvalue weighted by molar-refractivity contribution is 5.35. The molecule has 0 aromatic carbocycles. The fourth-order valence-corrected chi connectivity index (χ4v) is 1.09. The van der Waals surface area contributed by atoms with Gasteiger partial charge in [-0.05, 0) is 6.92 Å². The van der Waals surface area contributed by atoms with E-state index in [2.05, 4.69) is 4.98 Å². The SMILES string of the molecule is CC(CN)N(C)c1nccn(C)c1=O. The highest BCUT2D eigenvalue weighted by atomic mass is 16.1. The predicted molar refractivity (Wildman–Crippen MR) is 56.4 cm³/mol. The molecule has 1 atom stereocenters. The Labute approximate surface area is 83.2 Å². The second-order valence-electron chi connectivity index (χ2n) is 3.36. The summed E-state index contributed by atoms with van der Waals surface area (Å²) in [5, 5.41) is 0. The minimum Gasteiger partial charge on any atom is -0.351 e. The van der Waals surface area contributed by atoms with Crippen molar-refractivity contribution in [2.24, 2.45) is 12.8 Å². The van der Waals surface area contributed by atoms with Crippen LogP contribution in [-0.4, -0.2) is 29.2 Å². The molecule has 0 aliphatic heterocycles. The number of nitrogens with two attached hydrogens (primary N) is 1. The molecule has 0 aliphatic carbocycles. The fourth-order valence-electron chi connectivity index (χ4n) is 1.09. The van der Waals surface area contributed by atoms with Crippen LogP contribution in [0.4, 0.5) is 5.82 Å². The Bertz CT molecular complexity index is 360. The Morgan fingerprint density at radius 1 is 1.71 bits per heavy atom. The summed E-state index contributed by atoms with van der Waals surface area (Å²) in [6.45, 7) is 2.45. The second kappa shape index (κ2) is 4.23. The topological polar surface area (TPSA) is 64.2 Å². The quantitative estimate of drug-likeness (QED) is 0.712. The molecule has 0 saturated carbocycles. The van der Waals surface area contributed by atoms with Gasteiger partial charge in [-0.1, -0.05) is 0 Å². The number of hydrogen-bond donors (Lipinski definition) is 1. The van der Waals surface area contributed by atoms with Crippen molar-refractivity contribution in [2.75, 3.05) is 18.5 Å². The van der Waals surface area contributed by atoms with Gasteiger partial charge in [0.05, 0.1) is 0 Å². The second-order valence-corrected chi connectivity index (χ2v) is 3.36. The number of likely N-dealkylation sites (N-methyl/N-ethyl adjacent to an activating group) is 1. The van der Waals surface area contributed by atoms with E-state index in [0.717, 1.165) is 0 Å². The predicted octanol–water partition coefficient (Wildman–Crippen LogP) is -0.436. The molecule has 1 aromatic rings. The third kappa shape index (κ3) is 1.93. The molecule has 14 heavy (non-hydrogen) atoms. The molecular weight excluding hydrogens is 180 g/mol. The summed E-state index contributed by atoms with van der Waals surface area (Å²) in [5.74, 6) is 0.438. The molecule has 1 heterocycles. The van der Waals surface area contributed by atoms with Crippen LogP contribution in [0.25, 0.3) is 0 Å². The van der Waals surface area contributed by atoms with Crippen LogP contribution in [0.15, 0.2) is 17.2 Å². The normalized spacial score (nSPS) is 12.6. The van der Waals surface area contributed by atoms with Gasteiger partial charge in [0.25, 0.3) is 5.56 Å². The molecule has 2 N–H and O–H groups in total. The summed E-state index contributed by atoms with van der Waals surface area (Å²) in [4.78, 5) is 17.5. The van der Waals surface area contributed by atoms with Crippen molar-refractivity contribution in [1.82, 2.24) is 9.55 Å². The third-order valence-corrected chi connectivity index (χ3v) is 2.34. The monoisotopic (exact) mass is 196 g/mol. The van der Waals surface area contributed by atoms with Crippen molar-refractivity contribution in [1.29, 1.82) is 0 Å². The highest BCUT2D eigenvalue weighted by Gasteiger charge is 2.13. The van der Waals surface area contributed by atoms with Crippen molar-refractivity contribution in [2.45, 2.75) is 13.0 Å². The Hall–Kier alpha value is -1.36. The van der Waals surface area contributed by atoms with Crippen LogP contribution in [0, 0.1) is 0 Å². The van der Waals surface area contributed by atoms with Crippen LogP contribution < -0.4 is 16.2 Å². The van der Waals surface area contributed by atoms with Crippen LogP contribution >= 0.6 is 0 Å². The molecule has 1 aromatic heterocycles. The van der Waals surface area contributed by atoms with Crippen LogP contribution in [0.5, 0.6) is 0 Å². The van der Waals surface area contributed by atoms with E-state index in [9.17, 15) is 4.79 Å². The first-order valence-corrected chi connectivity index (χ1v) is 4.52. The highest BCUT2D eigenvalue weighted by Crippen LogP contribution is 2.03. The zero-order chi connectivity index (χ0) is 10.7. The molecule has 0 amide bonds. The van der Waals surface area contributed by atoms with E-state index in [1.807, 2.05) is 14.0 Å². The van der Waals surface area contributed by atoms with E-state index in [0.29, 0.717) is 12.4 Å². The summed E-state index contributed by atoms with van der Waals surface area (Å²) < 4.78 is 1.50. The van der Waals surface area contributed by atoms with E-state index in [-0.39, 0.29) is 11.6 Å². The van der Waals surface area contributed by atoms with Gasteiger partial charge in [-0.25, -0.2) is 4.98 Å². The van der Waals surface area contributed by atoms with Crippen LogP contribution in [0.2, 0.25) is 0 Å². The maximum atomic E-state index is 11.6. The van der Waals surface area contributed by atoms with Gasteiger partial charge in [-0.3, -0.25) is 4.79 Å². The van der Waals surface area contributed by atoms with E-state index in [1.165, 1.54) is 4.57 Å². The number of aromatic nitrogens is 2. The molecule has 0 bridgehead atoms. The lowest BCUT2D eigenvalue weighted by atomic mass is 10.3. The molecule has 0 radical (unpaired) electrons. The minimum atomic E-state index is -0.102. The van der Waals surface area contributed by atoms with E-state index in [4.69, 9.17) is 5.73 Å². The Morgan fingerprint density at radius 2 is 2.36 bits per heavy atom. The van der Waals surface area contributed by atoms with E-state index >= 15 is 0 Å². The van der Waals surface area contributed by atoms with E-state index < -0.39 is 0 Å². The smallest absolute Gasteiger partial charge is 0.293 e. The van der Waals surface area contributed by atoms with Gasteiger partial charge in [0.1, 0.15) is 0 Å². The van der Waals surface area contributed by atoms with Crippen LogP contribution in [0.3, 0.4) is 0 Å². The molecule has 0 fully saturated rings. The van der Waals surface area contributed by atoms with E-state index in [1.54, 1.807) is 24.3 Å². The Balaban J connectivity index is 3.07. The van der Waals surface area contributed by atoms with Crippen LogP contribution in [-0.2, 0) is 7.05 Å². The Kier molecular flexibility index (Phi) is 3.24. The number of aryl methyl sites for hydroxylation is 1. The van der Waals surface area contributed by atoms with Gasteiger partial charge in [-0.15, -0.1) is 0 Å². The lowest BCUT2D eigenvalue weighted by Crippen LogP contribution is -2.39. The number of anilines is 1. The van der Waals surface area contributed by atoms with Gasteiger partial charge >= 0.3 is 0 Å². The lowest BCUT2D eigenvalue weighted by molar-refractivity contribution is 0.675. The largest absolute Gasteiger partial charge is 0.351 e. The zero-order valence-electron chi connectivity index (χ0n) is 8.77. The van der Waals surface area contributed by atoms with Gasteiger partial charge in [0, 0.05) is 39.1 Å². The van der Waals surface area contributed by atoms with Crippen molar-refractivity contribution >= 4 is 5.82 Å². The van der Waals surface area contributed by atoms with Gasteiger partial charge < -0.3 is 15.2 Å². The first kappa shape index (κ1) is 10.7. The molecule has 0 aliphatic rings. The molecule has 78 valence electrons.